The van der Waals surface area contributed by atoms with Crippen molar-refractivity contribution in [2.75, 3.05) is 13.7 Å². The second-order valence-corrected chi connectivity index (χ2v) is 6.45. The van der Waals surface area contributed by atoms with E-state index in [2.05, 4.69) is 20.5 Å². The summed E-state index contributed by atoms with van der Waals surface area (Å²) in [6.07, 6.45) is 1.17. The second-order valence-electron chi connectivity index (χ2n) is 6.45. The van der Waals surface area contributed by atoms with E-state index < -0.39 is 22.3 Å². The number of carbonyl (C=O) groups excluding carboxylic acids is 1. The van der Waals surface area contributed by atoms with Gasteiger partial charge in [-0.05, 0) is 43.3 Å². The number of hydrogen-bond acceptors (Lipinski definition) is 8. The number of nitrogens with one attached hydrogen (secondary N) is 2. The molecule has 0 unspecified atom stereocenters. The van der Waals surface area contributed by atoms with Crippen molar-refractivity contribution < 1.29 is 23.6 Å². The molecule has 2 aromatic carbocycles. The van der Waals surface area contributed by atoms with E-state index in [1.54, 1.807) is 6.92 Å². The van der Waals surface area contributed by atoms with Crippen LogP contribution >= 0.6 is 0 Å². The predicted octanol–water partition coefficient (Wildman–Crippen LogP) is 2.66. The Morgan fingerprint density at radius 1 is 1.30 bits per heavy atom. The van der Waals surface area contributed by atoms with E-state index in [-0.39, 0.29) is 40.7 Å². The Bertz CT molecular complexity index is 1270. The van der Waals surface area contributed by atoms with E-state index in [0.29, 0.717) is 5.56 Å². The lowest BCUT2D eigenvalue weighted by atomic mass is 10.1. The minimum absolute atomic E-state index is 0.0196. The van der Waals surface area contributed by atoms with Gasteiger partial charge in [-0.2, -0.15) is 10.1 Å². The Morgan fingerprint density at radius 3 is 2.67 bits per heavy atom. The van der Waals surface area contributed by atoms with E-state index in [4.69, 9.17) is 9.47 Å². The van der Waals surface area contributed by atoms with Crippen LogP contribution in [-0.2, 0) is 0 Å². The van der Waals surface area contributed by atoms with Crippen LogP contribution in [0.2, 0.25) is 0 Å². The summed E-state index contributed by atoms with van der Waals surface area (Å²) in [7, 11) is 1.34. The number of H-pyrrole nitrogens is 1. The molecule has 0 bridgehead atoms. The summed E-state index contributed by atoms with van der Waals surface area (Å²) in [6, 6.07) is 9.22. The van der Waals surface area contributed by atoms with Gasteiger partial charge in [0.25, 0.3) is 5.91 Å². The molecule has 1 amide bonds. The number of benzene rings is 2. The number of ether oxygens (including phenoxy) is 2. The third-order valence-electron chi connectivity index (χ3n) is 4.27. The Labute approximate surface area is 186 Å². The lowest BCUT2D eigenvalue weighted by molar-refractivity contribution is -0.385. The third kappa shape index (κ3) is 5.55. The molecule has 0 aliphatic carbocycles. The number of nitro benzene ring substituents is 1. The molecule has 0 atom stereocenters. The minimum Gasteiger partial charge on any atom is -0.493 e. The molecule has 12 heteroatoms. The molecule has 0 saturated heterocycles. The molecule has 3 rings (SSSR count). The summed E-state index contributed by atoms with van der Waals surface area (Å²) in [6.45, 7) is 1.88. The normalized spacial score (nSPS) is 10.8. The van der Waals surface area contributed by atoms with Crippen molar-refractivity contribution in [1.82, 2.24) is 15.4 Å². The minimum atomic E-state index is -0.780. The van der Waals surface area contributed by atoms with Gasteiger partial charge in [0, 0.05) is 17.2 Å². The van der Waals surface area contributed by atoms with Crippen LogP contribution in [0, 0.1) is 15.9 Å². The standard InChI is InChI=1S/C21H18FN5O6/c1-3-33-19-17(27(30)31)8-12(9-18(19)32-2)11-23-26-20(28)16-10-15(24-21(29)25-16)13-4-6-14(22)7-5-13/h4-11H,3H2,1-2H3,(H,26,28)(H,24,25,29)/b23-11+. The van der Waals surface area contributed by atoms with Gasteiger partial charge in [0.15, 0.2) is 5.75 Å². The first-order valence-corrected chi connectivity index (χ1v) is 9.52. The monoisotopic (exact) mass is 455 g/mol. The maximum Gasteiger partial charge on any atom is 0.346 e. The zero-order valence-electron chi connectivity index (χ0n) is 17.5. The molecule has 170 valence electrons. The highest BCUT2D eigenvalue weighted by atomic mass is 19.1. The quantitative estimate of drug-likeness (QED) is 0.301. The van der Waals surface area contributed by atoms with E-state index in [9.17, 15) is 24.1 Å². The first kappa shape index (κ1) is 23.1. The molecule has 0 aliphatic heterocycles. The van der Waals surface area contributed by atoms with E-state index in [1.807, 2.05) is 0 Å². The molecule has 33 heavy (non-hydrogen) atoms. The summed E-state index contributed by atoms with van der Waals surface area (Å²) in [5.41, 5.74) is 1.84. The fraction of sp³-hybridized carbons (Fsp3) is 0.143. The Balaban J connectivity index is 1.83. The number of nitrogens with zero attached hydrogens (tertiary/aromatic N) is 3. The largest absolute Gasteiger partial charge is 0.493 e. The highest BCUT2D eigenvalue weighted by molar-refractivity contribution is 5.94. The molecule has 1 heterocycles. The molecule has 0 radical (unpaired) electrons. The summed E-state index contributed by atoms with van der Waals surface area (Å²) in [5.74, 6) is -1.11. The van der Waals surface area contributed by atoms with Crippen molar-refractivity contribution in [3.05, 3.63) is 80.1 Å². The second kappa shape index (κ2) is 10.1. The lowest BCUT2D eigenvalue weighted by Crippen LogP contribution is -2.24. The van der Waals surface area contributed by atoms with Gasteiger partial charge < -0.3 is 14.5 Å². The Hall–Kier alpha value is -4.61. The number of methoxy groups -OCH3 is 1. The molecule has 2 N–H and O–H groups in total. The Kier molecular flexibility index (Phi) is 7.08. The van der Waals surface area contributed by atoms with Crippen LogP contribution in [0.5, 0.6) is 11.5 Å². The first-order valence-electron chi connectivity index (χ1n) is 9.52. The number of nitro groups is 1. The molecule has 0 fully saturated rings. The zero-order chi connectivity index (χ0) is 24.0. The number of carbonyl (C=O) groups is 1. The number of amides is 1. The van der Waals surface area contributed by atoms with Crippen LogP contribution in [0.1, 0.15) is 23.0 Å². The van der Waals surface area contributed by atoms with Crippen LogP contribution in [0.4, 0.5) is 10.1 Å². The predicted molar refractivity (Wildman–Crippen MR) is 116 cm³/mol. The van der Waals surface area contributed by atoms with Gasteiger partial charge in [0.05, 0.1) is 30.5 Å². The van der Waals surface area contributed by atoms with Crippen LogP contribution in [0.15, 0.2) is 52.4 Å². The van der Waals surface area contributed by atoms with Crippen LogP contribution in [0.25, 0.3) is 11.3 Å². The number of hydrazone groups is 1. The first-order chi connectivity index (χ1) is 15.8. The fourth-order valence-electron chi connectivity index (χ4n) is 2.83. The molecule has 1 aromatic heterocycles. The number of aromatic nitrogens is 2. The summed E-state index contributed by atoms with van der Waals surface area (Å²) >= 11 is 0. The zero-order valence-corrected chi connectivity index (χ0v) is 17.5. The number of halogens is 1. The maximum absolute atomic E-state index is 13.1. The highest BCUT2D eigenvalue weighted by Gasteiger charge is 2.21. The van der Waals surface area contributed by atoms with Crippen LogP contribution < -0.4 is 20.6 Å². The van der Waals surface area contributed by atoms with Crippen LogP contribution in [-0.4, -0.2) is 40.7 Å². The van der Waals surface area contributed by atoms with Crippen molar-refractivity contribution in [1.29, 1.82) is 0 Å². The third-order valence-corrected chi connectivity index (χ3v) is 4.27. The lowest BCUT2D eigenvalue weighted by Gasteiger charge is -2.10. The molecule has 11 nitrogen and oxygen atoms in total. The van der Waals surface area contributed by atoms with Gasteiger partial charge >= 0.3 is 11.4 Å². The highest BCUT2D eigenvalue weighted by Crippen LogP contribution is 2.37. The van der Waals surface area contributed by atoms with Gasteiger partial charge in [-0.25, -0.2) is 14.6 Å². The maximum atomic E-state index is 13.1. The van der Waals surface area contributed by atoms with E-state index >= 15 is 0 Å². The van der Waals surface area contributed by atoms with E-state index in [0.717, 1.165) is 0 Å². The summed E-state index contributed by atoms with van der Waals surface area (Å²) in [5, 5.41) is 15.2. The van der Waals surface area contributed by atoms with Crippen molar-refractivity contribution in [2.45, 2.75) is 6.92 Å². The fourth-order valence-corrected chi connectivity index (χ4v) is 2.83. The van der Waals surface area contributed by atoms with Crippen LogP contribution in [0.3, 0.4) is 0 Å². The summed E-state index contributed by atoms with van der Waals surface area (Å²) in [4.78, 5) is 41.1. The van der Waals surface area contributed by atoms with Crippen molar-refractivity contribution in [3.63, 3.8) is 0 Å². The topological polar surface area (TPSA) is 149 Å². The molecule has 3 aromatic rings. The average Bonchev–Trinajstić information content (AvgIpc) is 2.79. The van der Waals surface area contributed by atoms with Gasteiger partial charge in [0.1, 0.15) is 11.5 Å². The number of rotatable bonds is 8. The van der Waals surface area contributed by atoms with Gasteiger partial charge in [-0.1, -0.05) is 0 Å². The van der Waals surface area contributed by atoms with Gasteiger partial charge in [-0.15, -0.1) is 0 Å². The smallest absolute Gasteiger partial charge is 0.346 e. The number of hydrogen-bond donors (Lipinski definition) is 2. The van der Waals surface area contributed by atoms with Crippen molar-refractivity contribution >= 4 is 17.8 Å². The van der Waals surface area contributed by atoms with Gasteiger partial charge in [-0.3, -0.25) is 14.9 Å². The molecular formula is C21H18FN5O6. The number of aromatic amines is 1. The molecule has 0 saturated carbocycles. The summed E-state index contributed by atoms with van der Waals surface area (Å²) < 4.78 is 23.6. The SMILES string of the molecule is CCOc1c(OC)cc(/C=N/NC(=O)c2cc(-c3ccc(F)cc3)nc(=O)[nH]2)cc1[N+](=O)[O-]. The molecule has 0 spiro atoms. The molecular weight excluding hydrogens is 437 g/mol. The van der Waals surface area contributed by atoms with Gasteiger partial charge in [0.2, 0.25) is 5.75 Å². The average molecular weight is 455 g/mol. The van der Waals surface area contributed by atoms with E-state index in [1.165, 1.54) is 55.8 Å². The van der Waals surface area contributed by atoms with Crippen molar-refractivity contribution in [2.24, 2.45) is 5.10 Å². The van der Waals surface area contributed by atoms with Crippen molar-refractivity contribution in [3.8, 4) is 22.8 Å². The molecule has 0 aliphatic rings. The Morgan fingerprint density at radius 2 is 2.03 bits per heavy atom.